The molecule has 3 nitrogen and oxygen atoms in total. The van der Waals surface area contributed by atoms with Gasteiger partial charge in [-0.15, -0.1) is 0 Å². The highest BCUT2D eigenvalue weighted by molar-refractivity contribution is 6.09. The fourth-order valence-electron chi connectivity index (χ4n) is 9.71. The van der Waals surface area contributed by atoms with E-state index in [0.29, 0.717) is 0 Å². The van der Waals surface area contributed by atoms with Gasteiger partial charge in [0.15, 0.2) is 0 Å². The minimum atomic E-state index is -0.521. The van der Waals surface area contributed by atoms with E-state index >= 15 is 0 Å². The topological polar surface area (TPSA) is 30.7 Å². The number of hydrogen-bond donors (Lipinski definition) is 0. The van der Waals surface area contributed by atoms with Gasteiger partial charge in [0.1, 0.15) is 5.82 Å². The molecule has 3 aromatic heterocycles. The van der Waals surface area contributed by atoms with Crippen LogP contribution in [0.3, 0.4) is 0 Å². The second-order valence-electron chi connectivity index (χ2n) is 14.9. The van der Waals surface area contributed by atoms with Crippen LogP contribution in [0, 0.1) is 0 Å². The van der Waals surface area contributed by atoms with Crippen LogP contribution in [0.4, 0.5) is 0 Å². The van der Waals surface area contributed by atoms with Crippen molar-refractivity contribution in [3.05, 3.63) is 222 Å². The van der Waals surface area contributed by atoms with E-state index in [1.807, 2.05) is 24.4 Å². The molecule has 0 radical (unpaired) electrons. The molecule has 56 heavy (non-hydrogen) atoms. The Morgan fingerprint density at radius 3 is 2.07 bits per heavy atom. The van der Waals surface area contributed by atoms with Crippen molar-refractivity contribution in [3.63, 3.8) is 0 Å². The first-order valence-corrected chi connectivity index (χ1v) is 19.2. The van der Waals surface area contributed by atoms with Crippen molar-refractivity contribution < 1.29 is 0 Å². The first-order valence-electron chi connectivity index (χ1n) is 19.2. The predicted octanol–water partition coefficient (Wildman–Crippen LogP) is 12.9. The first-order chi connectivity index (χ1) is 27.8. The van der Waals surface area contributed by atoms with Gasteiger partial charge < -0.3 is 0 Å². The minimum absolute atomic E-state index is 0.521. The molecule has 2 aliphatic carbocycles. The molecule has 7 aromatic carbocycles. The molecular weight excluding hydrogens is 679 g/mol. The summed E-state index contributed by atoms with van der Waals surface area (Å²) in [6.45, 7) is 0. The molecule has 10 aromatic rings. The normalized spacial score (nSPS) is 15.1. The molecule has 0 amide bonds. The molecule has 3 heteroatoms. The van der Waals surface area contributed by atoms with E-state index < -0.39 is 5.41 Å². The summed E-state index contributed by atoms with van der Waals surface area (Å²) >= 11 is 0. The maximum absolute atomic E-state index is 5.34. The zero-order valence-corrected chi connectivity index (χ0v) is 30.4. The Morgan fingerprint density at radius 2 is 1.18 bits per heavy atom. The molecule has 3 heterocycles. The summed E-state index contributed by atoms with van der Waals surface area (Å²) in [6, 6.07) is 66.3. The Labute approximate surface area is 324 Å². The summed E-state index contributed by atoms with van der Waals surface area (Å²) in [5, 5.41) is 3.65. The average Bonchev–Trinajstić information content (AvgIpc) is 3.71. The van der Waals surface area contributed by atoms with Gasteiger partial charge in [-0.3, -0.25) is 4.57 Å². The third-order valence-corrected chi connectivity index (χ3v) is 12.1. The Bertz CT molecular complexity index is 3250. The molecule has 0 fully saturated rings. The van der Waals surface area contributed by atoms with Crippen molar-refractivity contribution in [2.75, 3.05) is 0 Å². The maximum atomic E-state index is 5.34. The van der Waals surface area contributed by atoms with Crippen LogP contribution in [0.2, 0.25) is 0 Å². The van der Waals surface area contributed by atoms with E-state index in [9.17, 15) is 0 Å². The molecule has 260 valence electrons. The molecule has 1 atom stereocenters. The van der Waals surface area contributed by atoms with Crippen LogP contribution in [-0.4, -0.2) is 14.5 Å². The van der Waals surface area contributed by atoms with Crippen LogP contribution in [0.15, 0.2) is 188 Å². The van der Waals surface area contributed by atoms with Crippen LogP contribution in [0.5, 0.6) is 0 Å². The van der Waals surface area contributed by atoms with Gasteiger partial charge in [0.25, 0.3) is 0 Å². The van der Waals surface area contributed by atoms with E-state index in [1.165, 1.54) is 60.8 Å². The van der Waals surface area contributed by atoms with Crippen LogP contribution >= 0.6 is 0 Å². The van der Waals surface area contributed by atoms with Crippen molar-refractivity contribution in [1.82, 2.24) is 14.5 Å². The average molecular weight is 712 g/mol. The summed E-state index contributed by atoms with van der Waals surface area (Å²) in [4.78, 5) is 10.1. The number of nitrogens with zero attached hydrogens (tertiary/aromatic N) is 3. The third kappa shape index (κ3) is 4.28. The van der Waals surface area contributed by atoms with Gasteiger partial charge in [-0.25, -0.2) is 9.97 Å². The molecule has 0 N–H and O–H groups in total. The standard InChI is InChI=1S/C53H33N3/c1-2-14-37(15-3-1)47-28-30-49-52(55-47)42-32-38(26-29-48(42)56(49)50-20-10-11-31-54-50)39-24-23-36-22-21-35-13-5-8-18-43(35)53(46(36)33-39)44-19-9-7-17-41(44)51-40-16-6-4-12-34(40)25-27-45(51)53/h1-33H. The molecule has 0 aliphatic heterocycles. The SMILES string of the molecule is C1=Cc2ccc(-c3ccc4c(c3)c3nc(-c5ccccc5)ccc3n4-c3ccccn3)cc2C2(c3ccccc31)c1ccccc1-c1c2ccc2ccccc12. The highest BCUT2D eigenvalue weighted by atomic mass is 15.1. The molecular formula is C53H33N3. The van der Waals surface area contributed by atoms with Crippen LogP contribution in [0.1, 0.15) is 33.4 Å². The molecule has 1 spiro atoms. The van der Waals surface area contributed by atoms with Crippen molar-refractivity contribution >= 4 is 44.9 Å². The number of rotatable bonds is 3. The monoisotopic (exact) mass is 711 g/mol. The van der Waals surface area contributed by atoms with Gasteiger partial charge >= 0.3 is 0 Å². The van der Waals surface area contributed by atoms with Crippen molar-refractivity contribution in [2.45, 2.75) is 5.41 Å². The Hall–Kier alpha value is -7.36. The summed E-state index contributed by atoms with van der Waals surface area (Å²) in [6.07, 6.45) is 6.47. The maximum Gasteiger partial charge on any atom is 0.137 e. The van der Waals surface area contributed by atoms with Crippen LogP contribution < -0.4 is 0 Å². The number of benzene rings is 7. The minimum Gasteiger partial charge on any atom is -0.292 e. The summed E-state index contributed by atoms with van der Waals surface area (Å²) < 4.78 is 2.24. The lowest BCUT2D eigenvalue weighted by atomic mass is 9.65. The highest BCUT2D eigenvalue weighted by Gasteiger charge is 2.49. The molecule has 2 aliphatic rings. The third-order valence-electron chi connectivity index (χ3n) is 12.1. The summed E-state index contributed by atoms with van der Waals surface area (Å²) in [7, 11) is 0. The van der Waals surface area contributed by atoms with Crippen molar-refractivity contribution in [2.24, 2.45) is 0 Å². The second-order valence-corrected chi connectivity index (χ2v) is 14.9. The van der Waals surface area contributed by atoms with Gasteiger partial charge in [-0.05, 0) is 109 Å². The molecule has 0 saturated heterocycles. The van der Waals surface area contributed by atoms with Gasteiger partial charge in [0.05, 0.1) is 27.7 Å². The van der Waals surface area contributed by atoms with E-state index in [1.54, 1.807) is 0 Å². The fourth-order valence-corrected chi connectivity index (χ4v) is 9.71. The van der Waals surface area contributed by atoms with Gasteiger partial charge in [-0.1, -0.05) is 152 Å². The number of pyridine rings is 2. The lowest BCUT2D eigenvalue weighted by Gasteiger charge is -2.35. The lowest BCUT2D eigenvalue weighted by molar-refractivity contribution is 0.767. The summed E-state index contributed by atoms with van der Waals surface area (Å²) in [5.74, 6) is 0.873. The number of hydrogen-bond acceptors (Lipinski definition) is 2. The largest absolute Gasteiger partial charge is 0.292 e. The second kappa shape index (κ2) is 11.8. The Morgan fingerprint density at radius 1 is 0.446 bits per heavy atom. The number of fused-ring (bicyclic) bond motifs is 14. The summed E-state index contributed by atoms with van der Waals surface area (Å²) in [5.41, 5.74) is 17.3. The van der Waals surface area contributed by atoms with E-state index in [2.05, 4.69) is 181 Å². The van der Waals surface area contributed by atoms with Crippen LogP contribution in [-0.2, 0) is 5.41 Å². The zero-order valence-electron chi connectivity index (χ0n) is 30.4. The molecule has 0 saturated carbocycles. The Kier molecular flexibility index (Phi) is 6.55. The van der Waals surface area contributed by atoms with E-state index in [-0.39, 0.29) is 0 Å². The van der Waals surface area contributed by atoms with Crippen molar-refractivity contribution in [3.8, 4) is 39.3 Å². The lowest BCUT2D eigenvalue weighted by Crippen LogP contribution is -2.30. The predicted molar refractivity (Wildman–Crippen MR) is 231 cm³/mol. The zero-order chi connectivity index (χ0) is 36.8. The quantitative estimate of drug-likeness (QED) is 0.183. The smallest absolute Gasteiger partial charge is 0.137 e. The van der Waals surface area contributed by atoms with Crippen molar-refractivity contribution in [1.29, 1.82) is 0 Å². The van der Waals surface area contributed by atoms with Crippen LogP contribution in [0.25, 0.3) is 84.2 Å². The van der Waals surface area contributed by atoms with E-state index in [4.69, 9.17) is 9.97 Å². The van der Waals surface area contributed by atoms with E-state index in [0.717, 1.165) is 44.6 Å². The van der Waals surface area contributed by atoms with Gasteiger partial charge in [0, 0.05) is 17.1 Å². The highest BCUT2D eigenvalue weighted by Crippen LogP contribution is 2.60. The molecule has 0 bridgehead atoms. The Balaban J connectivity index is 1.13. The van der Waals surface area contributed by atoms with Gasteiger partial charge in [-0.2, -0.15) is 0 Å². The molecule has 1 unspecified atom stereocenters. The molecule has 12 rings (SSSR count). The number of aromatic nitrogens is 3. The van der Waals surface area contributed by atoms with Gasteiger partial charge in [0.2, 0.25) is 0 Å². The first kappa shape index (κ1) is 31.0. The fraction of sp³-hybridized carbons (Fsp3) is 0.0189.